The topological polar surface area (TPSA) is 66.4 Å². The molecule has 0 heterocycles. The molecule has 112 valence electrons. The van der Waals surface area contributed by atoms with Gasteiger partial charge < -0.3 is 5.11 Å². The summed E-state index contributed by atoms with van der Waals surface area (Å²) in [7, 11) is -3.58. The van der Waals surface area contributed by atoms with E-state index in [4.69, 9.17) is 5.11 Å². The van der Waals surface area contributed by atoms with Crippen molar-refractivity contribution in [3.63, 3.8) is 0 Å². The van der Waals surface area contributed by atoms with Gasteiger partial charge in [0.1, 0.15) is 0 Å². The average Bonchev–Trinajstić information content (AvgIpc) is 2.45. The van der Waals surface area contributed by atoms with E-state index in [1.807, 2.05) is 18.2 Å². The first-order chi connectivity index (χ1) is 10.0. The lowest BCUT2D eigenvalue weighted by Crippen LogP contribution is -2.14. The van der Waals surface area contributed by atoms with Gasteiger partial charge in [-0.05, 0) is 49.1 Å². The smallest absolute Gasteiger partial charge is 0.262 e. The first-order valence-electron chi connectivity index (χ1n) is 6.81. The van der Waals surface area contributed by atoms with Crippen LogP contribution < -0.4 is 4.72 Å². The molecule has 5 heteroatoms. The molecule has 2 N–H and O–H groups in total. The Bertz CT molecular complexity index is 711. The van der Waals surface area contributed by atoms with Crippen LogP contribution in [0, 0.1) is 6.92 Å². The zero-order chi connectivity index (χ0) is 15.3. The van der Waals surface area contributed by atoms with E-state index in [0.29, 0.717) is 17.7 Å². The Hall–Kier alpha value is -1.85. The van der Waals surface area contributed by atoms with Crippen LogP contribution in [0.3, 0.4) is 0 Å². The van der Waals surface area contributed by atoms with Crippen LogP contribution >= 0.6 is 0 Å². The Morgan fingerprint density at radius 3 is 2.57 bits per heavy atom. The first-order valence-corrected chi connectivity index (χ1v) is 8.29. The SMILES string of the molecule is Cc1ccccc1S(=O)(=O)Nc1cccc(CCCO)c1. The van der Waals surface area contributed by atoms with E-state index in [1.54, 1.807) is 37.3 Å². The molecule has 0 spiro atoms. The molecule has 0 unspecified atom stereocenters. The van der Waals surface area contributed by atoms with Gasteiger partial charge in [-0.15, -0.1) is 0 Å². The van der Waals surface area contributed by atoms with E-state index in [-0.39, 0.29) is 11.5 Å². The quantitative estimate of drug-likeness (QED) is 0.862. The molecule has 0 aliphatic heterocycles. The number of rotatable bonds is 6. The predicted octanol–water partition coefficient (Wildman–Crippen LogP) is 2.72. The maximum Gasteiger partial charge on any atom is 0.262 e. The van der Waals surface area contributed by atoms with Crippen molar-refractivity contribution in [1.82, 2.24) is 0 Å². The van der Waals surface area contributed by atoms with E-state index >= 15 is 0 Å². The molecule has 0 aliphatic carbocycles. The second kappa shape index (κ2) is 6.74. The molecular weight excluding hydrogens is 286 g/mol. The van der Waals surface area contributed by atoms with Gasteiger partial charge in [-0.25, -0.2) is 8.42 Å². The van der Waals surface area contributed by atoms with Crippen LogP contribution in [0.5, 0.6) is 0 Å². The molecule has 2 aromatic carbocycles. The summed E-state index contributed by atoms with van der Waals surface area (Å²) in [6.07, 6.45) is 1.38. The Balaban J connectivity index is 2.23. The Labute approximate surface area is 125 Å². The summed E-state index contributed by atoms with van der Waals surface area (Å²) in [6.45, 7) is 1.89. The Morgan fingerprint density at radius 2 is 1.86 bits per heavy atom. The molecule has 0 aliphatic rings. The second-order valence-electron chi connectivity index (χ2n) is 4.90. The zero-order valence-electron chi connectivity index (χ0n) is 11.9. The number of benzene rings is 2. The molecule has 2 rings (SSSR count). The number of aryl methyl sites for hydroxylation is 2. The van der Waals surface area contributed by atoms with E-state index in [9.17, 15) is 8.42 Å². The first kappa shape index (κ1) is 15.5. The third-order valence-electron chi connectivity index (χ3n) is 3.19. The molecule has 0 saturated carbocycles. The van der Waals surface area contributed by atoms with Gasteiger partial charge in [0.25, 0.3) is 10.0 Å². The third kappa shape index (κ3) is 4.06. The van der Waals surface area contributed by atoms with Crippen LogP contribution in [0.4, 0.5) is 5.69 Å². The van der Waals surface area contributed by atoms with Crippen LogP contribution in [-0.2, 0) is 16.4 Å². The molecule has 0 bridgehead atoms. The molecule has 0 atom stereocenters. The summed E-state index contributed by atoms with van der Waals surface area (Å²) in [5.41, 5.74) is 2.24. The van der Waals surface area contributed by atoms with E-state index in [0.717, 1.165) is 12.0 Å². The van der Waals surface area contributed by atoms with Crippen molar-refractivity contribution in [3.05, 3.63) is 59.7 Å². The van der Waals surface area contributed by atoms with Gasteiger partial charge in [-0.2, -0.15) is 0 Å². The summed E-state index contributed by atoms with van der Waals surface area (Å²) >= 11 is 0. The molecule has 0 amide bonds. The monoisotopic (exact) mass is 305 g/mol. The van der Waals surface area contributed by atoms with Crippen molar-refractivity contribution in [2.24, 2.45) is 0 Å². The van der Waals surface area contributed by atoms with Gasteiger partial charge in [0.2, 0.25) is 0 Å². The molecule has 0 saturated heterocycles. The van der Waals surface area contributed by atoms with E-state index in [2.05, 4.69) is 4.72 Å². The fourth-order valence-corrected chi connectivity index (χ4v) is 3.44. The maximum atomic E-state index is 12.4. The van der Waals surface area contributed by atoms with Crippen molar-refractivity contribution >= 4 is 15.7 Å². The van der Waals surface area contributed by atoms with Crippen molar-refractivity contribution in [2.45, 2.75) is 24.7 Å². The Morgan fingerprint density at radius 1 is 1.10 bits per heavy atom. The highest BCUT2D eigenvalue weighted by atomic mass is 32.2. The van der Waals surface area contributed by atoms with Crippen LogP contribution in [0.1, 0.15) is 17.5 Å². The average molecular weight is 305 g/mol. The van der Waals surface area contributed by atoms with Crippen molar-refractivity contribution in [3.8, 4) is 0 Å². The number of anilines is 1. The highest BCUT2D eigenvalue weighted by Gasteiger charge is 2.16. The number of nitrogens with one attached hydrogen (secondary N) is 1. The fraction of sp³-hybridized carbons (Fsp3) is 0.250. The summed E-state index contributed by atoms with van der Waals surface area (Å²) in [5, 5.41) is 8.85. The van der Waals surface area contributed by atoms with Gasteiger partial charge in [0.15, 0.2) is 0 Å². The Kier molecular flexibility index (Phi) is 4.98. The minimum absolute atomic E-state index is 0.124. The van der Waals surface area contributed by atoms with E-state index < -0.39 is 10.0 Å². The molecule has 21 heavy (non-hydrogen) atoms. The largest absolute Gasteiger partial charge is 0.396 e. The molecule has 2 aromatic rings. The molecule has 0 aromatic heterocycles. The van der Waals surface area contributed by atoms with Gasteiger partial charge in [-0.3, -0.25) is 4.72 Å². The standard InChI is InChI=1S/C16H19NO3S/c1-13-6-2-3-10-16(13)21(19,20)17-15-9-4-7-14(12-15)8-5-11-18/h2-4,6-7,9-10,12,17-18H,5,8,11H2,1H3. The number of hydrogen-bond acceptors (Lipinski definition) is 3. The minimum atomic E-state index is -3.58. The van der Waals surface area contributed by atoms with Gasteiger partial charge in [0, 0.05) is 12.3 Å². The maximum absolute atomic E-state index is 12.4. The summed E-state index contributed by atoms with van der Waals surface area (Å²) in [6, 6.07) is 14.1. The van der Waals surface area contributed by atoms with Crippen molar-refractivity contribution in [2.75, 3.05) is 11.3 Å². The third-order valence-corrected chi connectivity index (χ3v) is 4.73. The second-order valence-corrected chi connectivity index (χ2v) is 6.55. The highest BCUT2D eigenvalue weighted by Crippen LogP contribution is 2.20. The lowest BCUT2D eigenvalue weighted by Gasteiger charge is -2.11. The molecule has 4 nitrogen and oxygen atoms in total. The van der Waals surface area contributed by atoms with Crippen molar-refractivity contribution in [1.29, 1.82) is 0 Å². The fourth-order valence-electron chi connectivity index (χ4n) is 2.14. The van der Waals surface area contributed by atoms with Crippen LogP contribution in [-0.4, -0.2) is 20.1 Å². The molecular formula is C16H19NO3S. The minimum Gasteiger partial charge on any atom is -0.396 e. The van der Waals surface area contributed by atoms with Crippen LogP contribution in [0.25, 0.3) is 0 Å². The number of aliphatic hydroxyl groups excluding tert-OH is 1. The van der Waals surface area contributed by atoms with Gasteiger partial charge in [-0.1, -0.05) is 30.3 Å². The number of sulfonamides is 1. The van der Waals surface area contributed by atoms with Crippen molar-refractivity contribution < 1.29 is 13.5 Å². The number of hydrogen-bond donors (Lipinski definition) is 2. The van der Waals surface area contributed by atoms with Gasteiger partial charge >= 0.3 is 0 Å². The predicted molar refractivity (Wildman–Crippen MR) is 83.8 cm³/mol. The number of aliphatic hydroxyl groups is 1. The normalized spacial score (nSPS) is 11.3. The molecule has 0 fully saturated rings. The van der Waals surface area contributed by atoms with Crippen LogP contribution in [0.15, 0.2) is 53.4 Å². The lowest BCUT2D eigenvalue weighted by molar-refractivity contribution is 0.288. The zero-order valence-corrected chi connectivity index (χ0v) is 12.7. The van der Waals surface area contributed by atoms with Gasteiger partial charge in [0.05, 0.1) is 4.90 Å². The van der Waals surface area contributed by atoms with E-state index in [1.165, 1.54) is 0 Å². The summed E-state index contributed by atoms with van der Waals surface area (Å²) < 4.78 is 27.4. The van der Waals surface area contributed by atoms with Crippen LogP contribution in [0.2, 0.25) is 0 Å². The summed E-state index contributed by atoms with van der Waals surface area (Å²) in [5.74, 6) is 0. The lowest BCUT2D eigenvalue weighted by atomic mass is 10.1. The highest BCUT2D eigenvalue weighted by molar-refractivity contribution is 7.92. The summed E-state index contributed by atoms with van der Waals surface area (Å²) in [4.78, 5) is 0.283. The molecule has 0 radical (unpaired) electrons.